The average Bonchev–Trinajstić information content (AvgIpc) is 2.11. The number of alkyl halides is 3. The molecule has 1 amide bonds. The average molecular weight is 410 g/mol. The number of pyridine rings is 1. The van der Waals surface area contributed by atoms with Crippen LogP contribution in [0.5, 0.6) is 0 Å². The Balaban J connectivity index is 3.06. The second kappa shape index (κ2) is 5.69. The van der Waals surface area contributed by atoms with Crippen molar-refractivity contribution in [1.29, 1.82) is 0 Å². The zero-order chi connectivity index (χ0) is 14.8. The molecule has 0 N–H and O–H groups in total. The van der Waals surface area contributed by atoms with E-state index in [1.165, 1.54) is 6.07 Å². The van der Waals surface area contributed by atoms with E-state index in [0.29, 0.717) is 0 Å². The molecule has 10 heteroatoms. The summed E-state index contributed by atoms with van der Waals surface area (Å²) in [6.07, 6.45) is -4.27. The lowest BCUT2D eigenvalue weighted by molar-refractivity contribution is -0.169. The Morgan fingerprint density at radius 1 is 1.47 bits per heavy atom. The maximum atomic E-state index is 13.0. The minimum Gasteiger partial charge on any atom is -0.261 e. The third kappa shape index (κ3) is 5.38. The van der Waals surface area contributed by atoms with Crippen molar-refractivity contribution < 1.29 is 26.6 Å². The Hall–Kier alpha value is -0.780. The van der Waals surface area contributed by atoms with E-state index in [0.717, 1.165) is 12.3 Å². The molecule has 0 fully saturated rings. The number of aromatic nitrogens is 1. The molecule has 106 valence electrons. The van der Waals surface area contributed by atoms with Crippen molar-refractivity contribution in [2.45, 2.75) is 11.9 Å². The molecule has 0 aliphatic carbocycles. The molecule has 1 aromatic heterocycles. The van der Waals surface area contributed by atoms with E-state index in [1.807, 2.05) is 0 Å². The van der Waals surface area contributed by atoms with Gasteiger partial charge in [0.25, 0.3) is 0 Å². The van der Waals surface area contributed by atoms with Crippen LogP contribution in [-0.4, -0.2) is 27.5 Å². The van der Waals surface area contributed by atoms with Crippen LogP contribution in [0.15, 0.2) is 16.5 Å². The maximum Gasteiger partial charge on any atom is 0.474 e. The Labute approximate surface area is 119 Å². The minimum absolute atomic E-state index is 0.156. The predicted molar refractivity (Wildman–Crippen MR) is 68.2 cm³/mol. The van der Waals surface area contributed by atoms with Crippen molar-refractivity contribution in [1.82, 2.24) is 4.98 Å². The van der Waals surface area contributed by atoms with E-state index in [2.05, 4.69) is 9.35 Å². The van der Waals surface area contributed by atoms with Gasteiger partial charge in [0.15, 0.2) is 0 Å². The largest absolute Gasteiger partial charge is 0.474 e. The molecule has 1 heterocycles. The van der Waals surface area contributed by atoms with Gasteiger partial charge in [0.05, 0.1) is 15.5 Å². The number of amides is 1. The molecule has 0 aliphatic heterocycles. The van der Waals surface area contributed by atoms with Crippen molar-refractivity contribution in [2.24, 2.45) is 4.36 Å². The van der Waals surface area contributed by atoms with Gasteiger partial charge in [-0.15, -0.1) is 0 Å². The first-order valence-electron chi connectivity index (χ1n) is 4.62. The fraction of sp³-hybridized carbons (Fsp3) is 0.333. The molecule has 1 unspecified atom stereocenters. The highest BCUT2D eigenvalue weighted by molar-refractivity contribution is 14.1. The summed E-state index contributed by atoms with van der Waals surface area (Å²) in [6.45, 7) is 0. The minimum atomic E-state index is -5.17. The number of carbonyl (C=O) groups is 1. The van der Waals surface area contributed by atoms with Crippen molar-refractivity contribution in [2.75, 3.05) is 6.26 Å². The van der Waals surface area contributed by atoms with Gasteiger partial charge in [-0.05, 0) is 40.3 Å². The third-order valence-corrected chi connectivity index (χ3v) is 3.75. The third-order valence-electron chi connectivity index (χ3n) is 1.78. The summed E-state index contributed by atoms with van der Waals surface area (Å²) >= 11 is 1.70. The number of hydrogen-bond donors (Lipinski definition) is 0. The van der Waals surface area contributed by atoms with Crippen molar-refractivity contribution in [3.05, 3.63) is 27.3 Å². The van der Waals surface area contributed by atoms with Crippen molar-refractivity contribution >= 4 is 38.2 Å². The van der Waals surface area contributed by atoms with Gasteiger partial charge < -0.3 is 0 Å². The van der Waals surface area contributed by atoms with Gasteiger partial charge in [0.1, 0.15) is 3.70 Å². The second-order valence-corrected chi connectivity index (χ2v) is 7.11. The number of rotatable bonds is 2. The van der Waals surface area contributed by atoms with Crippen molar-refractivity contribution in [3.8, 4) is 0 Å². The SMILES string of the molecule is CS(=O)(Cc1cc(F)nc(I)c1)=NC(=O)C(F)(F)F. The molecule has 1 rings (SSSR count). The van der Waals surface area contributed by atoms with Crippen LogP contribution in [0.1, 0.15) is 5.56 Å². The summed E-state index contributed by atoms with van der Waals surface area (Å²) in [6, 6.07) is 2.28. The standard InChI is InChI=1S/C9H7F4IN2O2S/c1-19(18,16-8(17)9(11,12)13)4-5-2-6(10)15-7(14)3-5/h2-3H,4H2,1H3. The Morgan fingerprint density at radius 2 is 2.05 bits per heavy atom. The highest BCUT2D eigenvalue weighted by atomic mass is 127. The number of halogens is 5. The molecule has 0 radical (unpaired) electrons. The molecule has 4 nitrogen and oxygen atoms in total. The molecule has 0 spiro atoms. The Bertz CT molecular complexity index is 603. The summed E-state index contributed by atoms with van der Waals surface area (Å²) in [7, 11) is -3.44. The van der Waals surface area contributed by atoms with Crippen LogP contribution >= 0.6 is 22.6 Å². The molecule has 0 saturated carbocycles. The monoisotopic (exact) mass is 410 g/mol. The first kappa shape index (κ1) is 16.3. The van der Waals surface area contributed by atoms with Crippen LogP contribution in [-0.2, 0) is 20.3 Å². The molecular weight excluding hydrogens is 403 g/mol. The molecule has 0 saturated heterocycles. The molecule has 1 aromatic rings. The van der Waals surface area contributed by atoms with Gasteiger partial charge in [0.2, 0.25) is 5.95 Å². The van der Waals surface area contributed by atoms with Crippen LogP contribution in [0.2, 0.25) is 0 Å². The lowest BCUT2D eigenvalue weighted by Gasteiger charge is -2.06. The molecule has 0 aliphatic rings. The lowest BCUT2D eigenvalue weighted by Crippen LogP contribution is -2.22. The summed E-state index contributed by atoms with van der Waals surface area (Å²) in [5.74, 6) is -3.73. The second-order valence-electron chi connectivity index (χ2n) is 3.62. The van der Waals surface area contributed by atoms with Gasteiger partial charge in [-0.1, -0.05) is 0 Å². The quantitative estimate of drug-likeness (QED) is 0.428. The normalized spacial score (nSPS) is 14.8. The first-order chi connectivity index (χ1) is 8.49. The van der Waals surface area contributed by atoms with Crippen LogP contribution in [0.25, 0.3) is 0 Å². The van der Waals surface area contributed by atoms with Crippen LogP contribution in [0, 0.1) is 9.65 Å². The van der Waals surface area contributed by atoms with Gasteiger partial charge >= 0.3 is 12.1 Å². The van der Waals surface area contributed by atoms with E-state index in [-0.39, 0.29) is 9.26 Å². The fourth-order valence-electron chi connectivity index (χ4n) is 1.17. The zero-order valence-corrected chi connectivity index (χ0v) is 12.3. The number of hydrogen-bond acceptors (Lipinski definition) is 3. The van der Waals surface area contributed by atoms with Crippen LogP contribution in [0.4, 0.5) is 17.6 Å². The predicted octanol–water partition coefficient (Wildman–Crippen LogP) is 2.51. The Kier molecular flexibility index (Phi) is 4.87. The van der Waals surface area contributed by atoms with E-state index >= 15 is 0 Å². The lowest BCUT2D eigenvalue weighted by atomic mass is 10.3. The zero-order valence-electron chi connectivity index (χ0n) is 9.37. The summed E-state index contributed by atoms with van der Waals surface area (Å²) in [4.78, 5) is 14.1. The first-order valence-corrected chi connectivity index (χ1v) is 7.80. The fourth-order valence-corrected chi connectivity index (χ4v) is 3.10. The Morgan fingerprint density at radius 3 is 2.53 bits per heavy atom. The van der Waals surface area contributed by atoms with Crippen LogP contribution in [0.3, 0.4) is 0 Å². The summed E-state index contributed by atoms with van der Waals surface area (Å²) in [5, 5.41) is 0. The summed E-state index contributed by atoms with van der Waals surface area (Å²) in [5.41, 5.74) is 0.156. The molecule has 19 heavy (non-hydrogen) atoms. The summed E-state index contributed by atoms with van der Waals surface area (Å²) < 4.78 is 63.7. The molecular formula is C9H7F4IN2O2S. The van der Waals surface area contributed by atoms with E-state index < -0.39 is 33.5 Å². The highest BCUT2D eigenvalue weighted by Gasteiger charge is 2.39. The van der Waals surface area contributed by atoms with E-state index in [9.17, 15) is 26.6 Å². The topological polar surface area (TPSA) is 59.4 Å². The number of nitrogens with zero attached hydrogens (tertiary/aromatic N) is 2. The molecule has 1 atom stereocenters. The van der Waals surface area contributed by atoms with Gasteiger partial charge in [0, 0.05) is 6.26 Å². The molecule has 0 aromatic carbocycles. The molecule has 0 bridgehead atoms. The van der Waals surface area contributed by atoms with E-state index in [4.69, 9.17) is 0 Å². The highest BCUT2D eigenvalue weighted by Crippen LogP contribution is 2.19. The van der Waals surface area contributed by atoms with Gasteiger partial charge in [-0.2, -0.15) is 21.9 Å². The number of carbonyl (C=O) groups excluding carboxylic acids is 1. The van der Waals surface area contributed by atoms with Crippen molar-refractivity contribution in [3.63, 3.8) is 0 Å². The van der Waals surface area contributed by atoms with Gasteiger partial charge in [-0.25, -0.2) is 9.19 Å². The van der Waals surface area contributed by atoms with Crippen LogP contribution < -0.4 is 0 Å². The smallest absolute Gasteiger partial charge is 0.261 e. The van der Waals surface area contributed by atoms with Gasteiger partial charge in [-0.3, -0.25) is 4.79 Å². The van der Waals surface area contributed by atoms with E-state index in [1.54, 1.807) is 22.6 Å². The maximum absolute atomic E-state index is 13.0.